The fourth-order valence-corrected chi connectivity index (χ4v) is 4.69. The Morgan fingerprint density at radius 3 is 2.94 bits per heavy atom. The van der Waals surface area contributed by atoms with E-state index in [2.05, 4.69) is 32.0 Å². The second kappa shape index (κ2) is 9.52. The van der Waals surface area contributed by atoms with Gasteiger partial charge in [0.15, 0.2) is 0 Å². The van der Waals surface area contributed by atoms with E-state index in [1.807, 2.05) is 22.9 Å². The standard InChI is InChI=1S/C23H27ClN6O2/c24-19-13-26-22(27-23(31)17-2-1-7-25-12-17)11-18(19)16-3-4-20-21(10-16)30(29-28-20)14-15-5-8-32-9-6-15/h3-4,10-11,13,15,17,25H,1-2,5-9,12,14H2,(H,26,27,31). The average Bonchev–Trinajstić information content (AvgIpc) is 3.23. The number of piperidine rings is 1. The highest BCUT2D eigenvalue weighted by molar-refractivity contribution is 6.33. The SMILES string of the molecule is O=C(Nc1cc(-c2ccc3nnn(CC4CCOCC4)c3c2)c(Cl)cn1)C1CCCNC1. The predicted octanol–water partition coefficient (Wildman–Crippen LogP) is 3.51. The van der Waals surface area contributed by atoms with Gasteiger partial charge in [-0.1, -0.05) is 22.9 Å². The molecule has 168 valence electrons. The van der Waals surface area contributed by atoms with Gasteiger partial charge >= 0.3 is 0 Å². The van der Waals surface area contributed by atoms with Crippen LogP contribution >= 0.6 is 11.6 Å². The van der Waals surface area contributed by atoms with Crippen LogP contribution in [0.3, 0.4) is 0 Å². The number of carbonyl (C=O) groups excluding carboxylic acids is 1. The minimum atomic E-state index is -0.0355. The molecule has 5 rings (SSSR count). The molecule has 9 heteroatoms. The van der Waals surface area contributed by atoms with Crippen molar-refractivity contribution in [3.63, 3.8) is 0 Å². The molecule has 0 saturated carbocycles. The lowest BCUT2D eigenvalue weighted by Crippen LogP contribution is -2.37. The zero-order chi connectivity index (χ0) is 21.9. The Bertz CT molecular complexity index is 1110. The van der Waals surface area contributed by atoms with Crippen molar-refractivity contribution < 1.29 is 9.53 Å². The van der Waals surface area contributed by atoms with E-state index in [0.29, 0.717) is 23.3 Å². The minimum Gasteiger partial charge on any atom is -0.381 e. The number of halogens is 1. The molecule has 8 nitrogen and oxygen atoms in total. The number of benzene rings is 1. The van der Waals surface area contributed by atoms with Gasteiger partial charge in [0.25, 0.3) is 0 Å². The summed E-state index contributed by atoms with van der Waals surface area (Å²) in [5.41, 5.74) is 3.58. The number of hydrogen-bond donors (Lipinski definition) is 2. The molecular weight excluding hydrogens is 428 g/mol. The van der Waals surface area contributed by atoms with Crippen LogP contribution in [0.4, 0.5) is 5.82 Å². The molecule has 3 aromatic rings. The third-order valence-electron chi connectivity index (χ3n) is 6.37. The van der Waals surface area contributed by atoms with Crippen LogP contribution in [0.15, 0.2) is 30.5 Å². The molecule has 32 heavy (non-hydrogen) atoms. The van der Waals surface area contributed by atoms with Crippen LogP contribution in [-0.4, -0.2) is 52.2 Å². The molecule has 0 spiro atoms. The monoisotopic (exact) mass is 454 g/mol. The Labute approximate surface area is 191 Å². The molecular formula is C23H27ClN6O2. The molecule has 2 aromatic heterocycles. The number of hydrogen-bond acceptors (Lipinski definition) is 6. The maximum atomic E-state index is 12.6. The van der Waals surface area contributed by atoms with Gasteiger partial charge in [-0.15, -0.1) is 5.10 Å². The molecule has 0 radical (unpaired) electrons. The summed E-state index contributed by atoms with van der Waals surface area (Å²) in [6.07, 6.45) is 5.56. The van der Waals surface area contributed by atoms with Crippen molar-refractivity contribution in [2.24, 2.45) is 11.8 Å². The van der Waals surface area contributed by atoms with Crippen LogP contribution in [-0.2, 0) is 16.1 Å². The first kappa shape index (κ1) is 21.3. The molecule has 2 N–H and O–H groups in total. The molecule has 1 atom stereocenters. The maximum absolute atomic E-state index is 12.6. The summed E-state index contributed by atoms with van der Waals surface area (Å²) in [5, 5.41) is 15.5. The van der Waals surface area contributed by atoms with Gasteiger partial charge in [0, 0.05) is 38.1 Å². The Balaban J connectivity index is 1.39. The molecule has 1 amide bonds. The summed E-state index contributed by atoms with van der Waals surface area (Å²) in [6, 6.07) is 7.84. The molecule has 4 heterocycles. The predicted molar refractivity (Wildman–Crippen MR) is 124 cm³/mol. The number of amides is 1. The zero-order valence-electron chi connectivity index (χ0n) is 17.9. The van der Waals surface area contributed by atoms with Gasteiger partial charge < -0.3 is 15.4 Å². The molecule has 2 aliphatic heterocycles. The molecule has 2 fully saturated rings. The molecule has 1 unspecified atom stereocenters. The fraction of sp³-hybridized carbons (Fsp3) is 0.478. The average molecular weight is 455 g/mol. The zero-order valence-corrected chi connectivity index (χ0v) is 18.6. The van der Waals surface area contributed by atoms with Crippen molar-refractivity contribution in [1.82, 2.24) is 25.3 Å². The van der Waals surface area contributed by atoms with Crippen molar-refractivity contribution in [2.75, 3.05) is 31.6 Å². The lowest BCUT2D eigenvalue weighted by Gasteiger charge is -2.22. The lowest BCUT2D eigenvalue weighted by molar-refractivity contribution is -0.120. The van der Waals surface area contributed by atoms with E-state index in [4.69, 9.17) is 16.3 Å². The Morgan fingerprint density at radius 2 is 2.12 bits per heavy atom. The third kappa shape index (κ3) is 4.62. The second-order valence-corrected chi connectivity index (χ2v) is 9.02. The highest BCUT2D eigenvalue weighted by Gasteiger charge is 2.22. The van der Waals surface area contributed by atoms with Crippen LogP contribution in [0, 0.1) is 11.8 Å². The van der Waals surface area contributed by atoms with Crippen LogP contribution in [0.5, 0.6) is 0 Å². The number of pyridine rings is 1. The van der Waals surface area contributed by atoms with E-state index in [0.717, 1.165) is 74.1 Å². The van der Waals surface area contributed by atoms with Crippen molar-refractivity contribution in [3.8, 4) is 11.1 Å². The minimum absolute atomic E-state index is 0.00726. The van der Waals surface area contributed by atoms with E-state index in [1.54, 1.807) is 6.20 Å². The number of aromatic nitrogens is 4. The summed E-state index contributed by atoms with van der Waals surface area (Å²) in [5.74, 6) is 1.01. The van der Waals surface area contributed by atoms with Gasteiger partial charge in [-0.05, 0) is 61.9 Å². The van der Waals surface area contributed by atoms with Crippen LogP contribution < -0.4 is 10.6 Å². The highest BCUT2D eigenvalue weighted by atomic mass is 35.5. The summed E-state index contributed by atoms with van der Waals surface area (Å²) >= 11 is 6.50. The first-order chi connectivity index (χ1) is 15.7. The topological polar surface area (TPSA) is 94.0 Å². The first-order valence-corrected chi connectivity index (χ1v) is 11.6. The van der Waals surface area contributed by atoms with Gasteiger partial charge in [-0.3, -0.25) is 4.79 Å². The quantitative estimate of drug-likeness (QED) is 0.612. The molecule has 1 aromatic carbocycles. The number of ether oxygens (including phenoxy) is 1. The Hall–Kier alpha value is -2.55. The third-order valence-corrected chi connectivity index (χ3v) is 6.67. The molecule has 0 aliphatic carbocycles. The van der Waals surface area contributed by atoms with Crippen LogP contribution in [0.2, 0.25) is 5.02 Å². The molecule has 2 aliphatic rings. The number of nitrogens with zero attached hydrogens (tertiary/aromatic N) is 4. The number of fused-ring (bicyclic) bond motifs is 1. The van der Waals surface area contributed by atoms with E-state index in [9.17, 15) is 4.79 Å². The van der Waals surface area contributed by atoms with Crippen LogP contribution in [0.25, 0.3) is 22.2 Å². The second-order valence-electron chi connectivity index (χ2n) is 8.61. The lowest BCUT2D eigenvalue weighted by atomic mass is 9.99. The van der Waals surface area contributed by atoms with Crippen LogP contribution in [0.1, 0.15) is 25.7 Å². The summed E-state index contributed by atoms with van der Waals surface area (Å²) < 4.78 is 7.45. The van der Waals surface area contributed by atoms with Crippen molar-refractivity contribution in [3.05, 3.63) is 35.5 Å². The van der Waals surface area contributed by atoms with E-state index < -0.39 is 0 Å². The van der Waals surface area contributed by atoms with E-state index >= 15 is 0 Å². The van der Waals surface area contributed by atoms with E-state index in [1.165, 1.54) is 0 Å². The molecule has 0 bridgehead atoms. The largest absolute Gasteiger partial charge is 0.381 e. The molecule has 2 saturated heterocycles. The Kier molecular flexibility index (Phi) is 6.34. The van der Waals surface area contributed by atoms with Crippen molar-refractivity contribution >= 4 is 34.4 Å². The van der Waals surface area contributed by atoms with Gasteiger partial charge in [-0.2, -0.15) is 0 Å². The summed E-state index contributed by atoms with van der Waals surface area (Å²) in [4.78, 5) is 16.9. The fourth-order valence-electron chi connectivity index (χ4n) is 4.47. The normalized spacial score (nSPS) is 19.8. The first-order valence-electron chi connectivity index (χ1n) is 11.3. The van der Waals surface area contributed by atoms with E-state index in [-0.39, 0.29) is 11.8 Å². The van der Waals surface area contributed by atoms with Gasteiger partial charge in [0.1, 0.15) is 11.3 Å². The smallest absolute Gasteiger partial charge is 0.229 e. The number of carbonyl (C=O) groups is 1. The summed E-state index contributed by atoms with van der Waals surface area (Å²) in [7, 11) is 0. The highest BCUT2D eigenvalue weighted by Crippen LogP contribution is 2.32. The Morgan fingerprint density at radius 1 is 1.25 bits per heavy atom. The number of rotatable bonds is 5. The number of nitrogens with one attached hydrogen (secondary N) is 2. The van der Waals surface area contributed by atoms with Crippen molar-refractivity contribution in [1.29, 1.82) is 0 Å². The van der Waals surface area contributed by atoms with Gasteiger partial charge in [-0.25, -0.2) is 9.67 Å². The summed E-state index contributed by atoms with van der Waals surface area (Å²) in [6.45, 7) is 4.11. The maximum Gasteiger partial charge on any atom is 0.229 e. The van der Waals surface area contributed by atoms with Gasteiger partial charge in [0.05, 0.1) is 16.5 Å². The van der Waals surface area contributed by atoms with Crippen molar-refractivity contribution in [2.45, 2.75) is 32.2 Å². The number of anilines is 1. The van der Waals surface area contributed by atoms with Gasteiger partial charge in [0.2, 0.25) is 5.91 Å².